The maximum Gasteiger partial charge on any atom is 0.270 e. The second-order valence-electron chi connectivity index (χ2n) is 3.90. The summed E-state index contributed by atoms with van der Waals surface area (Å²) in [6.07, 6.45) is 0.748. The van der Waals surface area contributed by atoms with Crippen molar-refractivity contribution >= 4 is 27.5 Å². The van der Waals surface area contributed by atoms with E-state index in [1.807, 2.05) is 0 Å². The minimum Gasteiger partial charge on any atom is -0.348 e. The summed E-state index contributed by atoms with van der Waals surface area (Å²) in [4.78, 5) is 21.9. The van der Waals surface area contributed by atoms with Gasteiger partial charge in [-0.3, -0.25) is 14.9 Å². The molecule has 2 unspecified atom stereocenters. The molecule has 2 rings (SSSR count). The summed E-state index contributed by atoms with van der Waals surface area (Å²) < 4.78 is 0.523. The minimum absolute atomic E-state index is 0.00331. The summed E-state index contributed by atoms with van der Waals surface area (Å²) in [5, 5.41) is 13.3. The number of nitro benzene ring substituents is 1. The van der Waals surface area contributed by atoms with Crippen LogP contribution < -0.4 is 11.1 Å². The first-order valence-corrected chi connectivity index (χ1v) is 5.78. The largest absolute Gasteiger partial charge is 0.348 e. The summed E-state index contributed by atoms with van der Waals surface area (Å²) in [5.41, 5.74) is 5.71. The van der Waals surface area contributed by atoms with Gasteiger partial charge in [-0.05, 0) is 28.4 Å². The normalized spacial score (nSPS) is 22.0. The van der Waals surface area contributed by atoms with Crippen LogP contribution in [0.2, 0.25) is 0 Å². The lowest BCUT2D eigenvalue weighted by Crippen LogP contribution is -2.29. The molecule has 90 valence electrons. The Bertz CT molecular complexity index is 492. The van der Waals surface area contributed by atoms with E-state index in [-0.39, 0.29) is 29.2 Å². The van der Waals surface area contributed by atoms with Gasteiger partial charge in [-0.2, -0.15) is 0 Å². The summed E-state index contributed by atoms with van der Waals surface area (Å²) >= 11 is 3.19. The molecule has 6 nitrogen and oxygen atoms in total. The Morgan fingerprint density at radius 1 is 1.59 bits per heavy atom. The van der Waals surface area contributed by atoms with Crippen molar-refractivity contribution in [1.29, 1.82) is 0 Å². The van der Waals surface area contributed by atoms with Crippen molar-refractivity contribution in [3.05, 3.63) is 38.3 Å². The number of rotatable bonds is 3. The average molecular weight is 300 g/mol. The first-order chi connectivity index (χ1) is 7.99. The van der Waals surface area contributed by atoms with Crippen molar-refractivity contribution in [2.45, 2.75) is 18.5 Å². The quantitative estimate of drug-likeness (QED) is 0.647. The molecule has 1 aromatic rings. The molecule has 7 heteroatoms. The van der Waals surface area contributed by atoms with Crippen molar-refractivity contribution in [1.82, 2.24) is 5.32 Å². The third-order valence-corrected chi connectivity index (χ3v) is 3.25. The smallest absolute Gasteiger partial charge is 0.270 e. The standard InChI is InChI=1S/C10H10BrN3O3/c11-7-2-1-5(14(16)17)3-6(7)10(15)13-9-4-8(9)12/h1-3,8-9H,4,12H2,(H,13,15). The van der Waals surface area contributed by atoms with E-state index in [0.29, 0.717) is 4.47 Å². The number of nitrogens with one attached hydrogen (secondary N) is 1. The van der Waals surface area contributed by atoms with Gasteiger partial charge in [0.15, 0.2) is 0 Å². The number of nitrogens with zero attached hydrogens (tertiary/aromatic N) is 1. The Labute approximate surface area is 105 Å². The molecule has 0 radical (unpaired) electrons. The highest BCUT2D eigenvalue weighted by molar-refractivity contribution is 9.10. The maximum absolute atomic E-state index is 11.8. The van der Waals surface area contributed by atoms with Crippen LogP contribution in [0.25, 0.3) is 0 Å². The van der Waals surface area contributed by atoms with Crippen LogP contribution in [0.5, 0.6) is 0 Å². The van der Waals surface area contributed by atoms with Crippen LogP contribution in [0.4, 0.5) is 5.69 Å². The van der Waals surface area contributed by atoms with Crippen molar-refractivity contribution in [2.75, 3.05) is 0 Å². The minimum atomic E-state index is -0.536. The zero-order chi connectivity index (χ0) is 12.6. The highest BCUT2D eigenvalue weighted by Gasteiger charge is 2.35. The fraction of sp³-hybridized carbons (Fsp3) is 0.300. The van der Waals surface area contributed by atoms with Crippen LogP contribution in [0.1, 0.15) is 16.8 Å². The molecule has 1 fully saturated rings. The number of hydrogen-bond donors (Lipinski definition) is 2. The van der Waals surface area contributed by atoms with Gasteiger partial charge in [-0.1, -0.05) is 0 Å². The summed E-state index contributed by atoms with van der Waals surface area (Å²) in [5.74, 6) is -0.349. The first-order valence-electron chi connectivity index (χ1n) is 4.99. The fourth-order valence-electron chi connectivity index (χ4n) is 1.43. The third kappa shape index (κ3) is 2.62. The molecule has 0 saturated heterocycles. The molecule has 0 bridgehead atoms. The van der Waals surface area contributed by atoms with Crippen molar-refractivity contribution < 1.29 is 9.72 Å². The van der Waals surface area contributed by atoms with Gasteiger partial charge in [0.05, 0.1) is 10.5 Å². The summed E-state index contributed by atoms with van der Waals surface area (Å²) in [7, 11) is 0. The molecule has 1 saturated carbocycles. The number of hydrogen-bond acceptors (Lipinski definition) is 4. The van der Waals surface area contributed by atoms with Gasteiger partial charge in [0.1, 0.15) is 0 Å². The molecule has 1 amide bonds. The van der Waals surface area contributed by atoms with Crippen LogP contribution in [-0.2, 0) is 0 Å². The SMILES string of the molecule is NC1CC1NC(=O)c1cc([N+](=O)[O-])ccc1Br. The predicted octanol–water partition coefficient (Wildman–Crippen LogP) is 1.19. The zero-order valence-corrected chi connectivity index (χ0v) is 10.3. The molecule has 1 aliphatic rings. The fourth-order valence-corrected chi connectivity index (χ4v) is 1.85. The number of non-ortho nitro benzene ring substituents is 1. The Balaban J connectivity index is 2.21. The molecule has 17 heavy (non-hydrogen) atoms. The van der Waals surface area contributed by atoms with E-state index in [9.17, 15) is 14.9 Å². The third-order valence-electron chi connectivity index (χ3n) is 2.56. The Morgan fingerprint density at radius 3 is 2.76 bits per heavy atom. The number of benzene rings is 1. The van der Waals surface area contributed by atoms with E-state index in [0.717, 1.165) is 6.42 Å². The highest BCUT2D eigenvalue weighted by Crippen LogP contribution is 2.24. The maximum atomic E-state index is 11.8. The second kappa shape index (κ2) is 4.42. The molecule has 2 atom stereocenters. The molecule has 1 aliphatic carbocycles. The average Bonchev–Trinajstić information content (AvgIpc) is 2.94. The van der Waals surface area contributed by atoms with Gasteiger partial charge >= 0.3 is 0 Å². The molecule has 0 aromatic heterocycles. The summed E-state index contributed by atoms with van der Waals surface area (Å²) in [6.45, 7) is 0. The van der Waals surface area contributed by atoms with Crippen molar-refractivity contribution in [2.24, 2.45) is 5.73 Å². The van der Waals surface area contributed by atoms with E-state index < -0.39 is 4.92 Å². The van der Waals surface area contributed by atoms with Crippen LogP contribution in [0.3, 0.4) is 0 Å². The van der Waals surface area contributed by atoms with Crippen LogP contribution in [-0.4, -0.2) is 22.9 Å². The van der Waals surface area contributed by atoms with Gasteiger partial charge in [0.25, 0.3) is 11.6 Å². The van der Waals surface area contributed by atoms with E-state index >= 15 is 0 Å². The number of nitrogens with two attached hydrogens (primary N) is 1. The Morgan fingerprint density at radius 2 is 2.24 bits per heavy atom. The number of amides is 1. The number of nitro groups is 1. The lowest BCUT2D eigenvalue weighted by atomic mass is 10.2. The number of carbonyl (C=O) groups is 1. The Hall–Kier alpha value is -1.47. The topological polar surface area (TPSA) is 98.3 Å². The monoisotopic (exact) mass is 299 g/mol. The second-order valence-corrected chi connectivity index (χ2v) is 4.76. The molecule has 0 aliphatic heterocycles. The van der Waals surface area contributed by atoms with Gasteiger partial charge in [0, 0.05) is 28.7 Å². The molecular weight excluding hydrogens is 290 g/mol. The van der Waals surface area contributed by atoms with Gasteiger partial charge in [-0.15, -0.1) is 0 Å². The van der Waals surface area contributed by atoms with Gasteiger partial charge < -0.3 is 11.1 Å². The highest BCUT2D eigenvalue weighted by atomic mass is 79.9. The first kappa shape index (κ1) is 12.0. The number of halogens is 1. The predicted molar refractivity (Wildman–Crippen MR) is 64.6 cm³/mol. The molecule has 0 spiro atoms. The molecule has 3 N–H and O–H groups in total. The van der Waals surface area contributed by atoms with Crippen LogP contribution in [0.15, 0.2) is 22.7 Å². The molecule has 0 heterocycles. The van der Waals surface area contributed by atoms with E-state index in [1.54, 1.807) is 0 Å². The van der Waals surface area contributed by atoms with Gasteiger partial charge in [-0.25, -0.2) is 0 Å². The van der Waals surface area contributed by atoms with Crippen molar-refractivity contribution in [3.8, 4) is 0 Å². The van der Waals surface area contributed by atoms with E-state index in [1.165, 1.54) is 18.2 Å². The lowest BCUT2D eigenvalue weighted by molar-refractivity contribution is -0.384. The Kier molecular flexibility index (Phi) is 3.12. The van der Waals surface area contributed by atoms with E-state index in [4.69, 9.17) is 5.73 Å². The zero-order valence-electron chi connectivity index (χ0n) is 8.72. The van der Waals surface area contributed by atoms with Crippen molar-refractivity contribution in [3.63, 3.8) is 0 Å². The van der Waals surface area contributed by atoms with Crippen LogP contribution >= 0.6 is 15.9 Å². The lowest BCUT2D eigenvalue weighted by Gasteiger charge is -2.05. The summed E-state index contributed by atoms with van der Waals surface area (Å²) in [6, 6.07) is 4.04. The molecular formula is C10H10BrN3O3. The van der Waals surface area contributed by atoms with E-state index in [2.05, 4.69) is 21.2 Å². The van der Waals surface area contributed by atoms with Gasteiger partial charge in [0.2, 0.25) is 0 Å². The van der Waals surface area contributed by atoms with Crippen LogP contribution in [0, 0.1) is 10.1 Å². The number of carbonyl (C=O) groups excluding carboxylic acids is 1. The molecule has 1 aromatic carbocycles.